The molecule has 0 unspecified atom stereocenters. The number of benzene rings is 1. The van der Waals surface area contributed by atoms with Crippen molar-refractivity contribution >= 4 is 11.4 Å². The van der Waals surface area contributed by atoms with Gasteiger partial charge in [0.15, 0.2) is 0 Å². The zero-order chi connectivity index (χ0) is 18.3. The molecule has 7 nitrogen and oxygen atoms in total. The summed E-state index contributed by atoms with van der Waals surface area (Å²) in [6, 6.07) is 7.25. The van der Waals surface area contributed by atoms with Crippen LogP contribution in [0.25, 0.3) is 16.8 Å². The molecule has 1 amide bonds. The molecule has 26 heavy (non-hydrogen) atoms. The average molecular weight is 348 g/mol. The van der Waals surface area contributed by atoms with E-state index in [-0.39, 0.29) is 11.5 Å². The van der Waals surface area contributed by atoms with Crippen molar-refractivity contribution < 1.29 is 9.90 Å². The van der Waals surface area contributed by atoms with Crippen LogP contribution in [0.4, 0.5) is 0 Å². The zero-order valence-electron chi connectivity index (χ0n) is 14.1. The second-order valence-electron chi connectivity index (χ2n) is 6.35. The van der Waals surface area contributed by atoms with Crippen molar-refractivity contribution in [3.8, 4) is 23.1 Å². The minimum atomic E-state index is -1.63. The molecule has 1 fully saturated rings. The van der Waals surface area contributed by atoms with E-state index in [1.165, 1.54) is 11.1 Å². The standard InChI is InChI=1S/C19H16N4O3/c1-22-8-7-19(26,18(22)25)6-5-13-3-2-4-14(9-13)15-11-23-12-20-10-16(23)17(24)21-15/h2-4,9-12,26H,7-8H2,1H3,(H,21,24)/t19-/m0/s1. The molecule has 7 heteroatoms. The Bertz CT molecular complexity index is 1130. The maximum absolute atomic E-state index is 12.1. The van der Waals surface area contributed by atoms with Gasteiger partial charge in [0.05, 0.1) is 18.2 Å². The molecular formula is C19H16N4O3. The van der Waals surface area contributed by atoms with Gasteiger partial charge < -0.3 is 15.0 Å². The smallest absolute Gasteiger partial charge is 0.274 e. The van der Waals surface area contributed by atoms with Crippen LogP contribution in [0.2, 0.25) is 0 Å². The van der Waals surface area contributed by atoms with Crippen LogP contribution < -0.4 is 5.56 Å². The van der Waals surface area contributed by atoms with Crippen molar-refractivity contribution in [2.24, 2.45) is 0 Å². The molecular weight excluding hydrogens is 332 g/mol. The number of carbonyl (C=O) groups is 1. The van der Waals surface area contributed by atoms with Gasteiger partial charge in [-0.05, 0) is 12.1 Å². The first-order chi connectivity index (χ1) is 12.5. The Morgan fingerprint density at radius 2 is 2.19 bits per heavy atom. The first-order valence-electron chi connectivity index (χ1n) is 8.13. The summed E-state index contributed by atoms with van der Waals surface area (Å²) in [6.07, 6.45) is 5.13. The lowest BCUT2D eigenvalue weighted by Gasteiger charge is -2.13. The summed E-state index contributed by atoms with van der Waals surface area (Å²) in [5.41, 5.74) is 0.645. The van der Waals surface area contributed by atoms with Gasteiger partial charge in [0.25, 0.3) is 11.5 Å². The summed E-state index contributed by atoms with van der Waals surface area (Å²) in [5, 5.41) is 10.4. The summed E-state index contributed by atoms with van der Waals surface area (Å²) in [7, 11) is 1.64. The quantitative estimate of drug-likeness (QED) is 0.631. The van der Waals surface area contributed by atoms with Gasteiger partial charge in [-0.2, -0.15) is 0 Å². The van der Waals surface area contributed by atoms with Crippen LogP contribution in [0.15, 0.2) is 47.8 Å². The number of likely N-dealkylation sites (N-methyl/N-ethyl adjacent to an activating group) is 1. The summed E-state index contributed by atoms with van der Waals surface area (Å²) < 4.78 is 1.66. The van der Waals surface area contributed by atoms with Gasteiger partial charge in [-0.1, -0.05) is 24.0 Å². The van der Waals surface area contributed by atoms with Crippen molar-refractivity contribution in [2.75, 3.05) is 13.6 Å². The zero-order valence-corrected chi connectivity index (χ0v) is 14.1. The highest BCUT2D eigenvalue weighted by molar-refractivity contribution is 5.90. The Kier molecular flexibility index (Phi) is 3.63. The Labute approximate surface area is 148 Å². The lowest BCUT2D eigenvalue weighted by atomic mass is 10.0. The second-order valence-corrected chi connectivity index (χ2v) is 6.35. The van der Waals surface area contributed by atoms with Crippen LogP contribution >= 0.6 is 0 Å². The Morgan fingerprint density at radius 3 is 2.96 bits per heavy atom. The normalized spacial score (nSPS) is 19.6. The van der Waals surface area contributed by atoms with E-state index in [1.807, 2.05) is 12.1 Å². The number of aliphatic hydroxyl groups is 1. The van der Waals surface area contributed by atoms with E-state index in [4.69, 9.17) is 0 Å². The molecule has 1 aliphatic heterocycles. The Hall–Kier alpha value is -3.37. The molecule has 2 aromatic heterocycles. The van der Waals surface area contributed by atoms with Crippen molar-refractivity contribution in [3.05, 3.63) is 58.9 Å². The maximum Gasteiger partial charge on any atom is 0.274 e. The molecule has 1 aliphatic rings. The van der Waals surface area contributed by atoms with Crippen LogP contribution in [0.5, 0.6) is 0 Å². The van der Waals surface area contributed by atoms with E-state index in [1.54, 1.807) is 36.1 Å². The minimum absolute atomic E-state index is 0.231. The van der Waals surface area contributed by atoms with Crippen LogP contribution in [0.1, 0.15) is 12.0 Å². The Balaban J connectivity index is 1.70. The van der Waals surface area contributed by atoms with Crippen molar-refractivity contribution in [2.45, 2.75) is 12.0 Å². The number of hydrogen-bond acceptors (Lipinski definition) is 4. The Morgan fingerprint density at radius 1 is 1.35 bits per heavy atom. The fourth-order valence-corrected chi connectivity index (χ4v) is 3.00. The molecule has 1 saturated heterocycles. The molecule has 4 rings (SSSR count). The number of nitrogens with one attached hydrogen (secondary N) is 1. The number of rotatable bonds is 1. The third-order valence-electron chi connectivity index (χ3n) is 4.51. The van der Waals surface area contributed by atoms with Crippen LogP contribution in [0.3, 0.4) is 0 Å². The predicted octanol–water partition coefficient (Wildman–Crippen LogP) is 0.634. The predicted molar refractivity (Wildman–Crippen MR) is 95.3 cm³/mol. The number of amides is 1. The van der Waals surface area contributed by atoms with E-state index < -0.39 is 5.60 Å². The number of nitrogens with zero attached hydrogens (tertiary/aromatic N) is 3. The summed E-state index contributed by atoms with van der Waals surface area (Å²) in [4.78, 5) is 32.4. The molecule has 0 radical (unpaired) electrons. The number of hydrogen-bond donors (Lipinski definition) is 2. The van der Waals surface area contributed by atoms with E-state index in [0.29, 0.717) is 29.7 Å². The topological polar surface area (TPSA) is 90.7 Å². The first-order valence-corrected chi connectivity index (χ1v) is 8.13. The lowest BCUT2D eigenvalue weighted by Crippen LogP contribution is -2.37. The summed E-state index contributed by atoms with van der Waals surface area (Å²) >= 11 is 0. The fourth-order valence-electron chi connectivity index (χ4n) is 3.00. The molecule has 3 heterocycles. The third kappa shape index (κ3) is 2.66. The highest BCUT2D eigenvalue weighted by Crippen LogP contribution is 2.21. The van der Waals surface area contributed by atoms with E-state index in [9.17, 15) is 14.7 Å². The fraction of sp³-hybridized carbons (Fsp3) is 0.211. The molecule has 1 aromatic carbocycles. The summed E-state index contributed by atoms with van der Waals surface area (Å²) in [5.74, 6) is 5.19. The average Bonchev–Trinajstić information content (AvgIpc) is 3.22. The van der Waals surface area contributed by atoms with Crippen LogP contribution in [-0.2, 0) is 4.79 Å². The molecule has 3 aromatic rings. The van der Waals surface area contributed by atoms with Gasteiger partial charge in [-0.25, -0.2) is 4.98 Å². The maximum atomic E-state index is 12.1. The highest BCUT2D eigenvalue weighted by Gasteiger charge is 2.42. The second kappa shape index (κ2) is 5.86. The number of imidazole rings is 1. The molecule has 0 bridgehead atoms. The van der Waals surface area contributed by atoms with Crippen molar-refractivity contribution in [3.63, 3.8) is 0 Å². The molecule has 130 valence electrons. The van der Waals surface area contributed by atoms with Gasteiger partial charge >= 0.3 is 0 Å². The van der Waals surface area contributed by atoms with Crippen molar-refractivity contribution in [1.82, 2.24) is 19.3 Å². The number of fused-ring (bicyclic) bond motifs is 1. The van der Waals surface area contributed by atoms with Crippen LogP contribution in [-0.4, -0.2) is 49.5 Å². The van der Waals surface area contributed by atoms with E-state index in [2.05, 4.69) is 21.8 Å². The van der Waals surface area contributed by atoms with Gasteiger partial charge in [-0.15, -0.1) is 0 Å². The molecule has 1 atom stereocenters. The minimum Gasteiger partial charge on any atom is -0.369 e. The van der Waals surface area contributed by atoms with Gasteiger partial charge in [0, 0.05) is 37.3 Å². The number of aromatic amines is 1. The van der Waals surface area contributed by atoms with Gasteiger partial charge in [0.1, 0.15) is 5.52 Å². The third-order valence-corrected chi connectivity index (χ3v) is 4.51. The number of H-pyrrole nitrogens is 1. The van der Waals surface area contributed by atoms with Crippen LogP contribution in [0, 0.1) is 11.8 Å². The van der Waals surface area contributed by atoms with Gasteiger partial charge in [-0.3, -0.25) is 14.0 Å². The summed E-state index contributed by atoms with van der Waals surface area (Å²) in [6.45, 7) is 0.482. The molecule has 0 aliphatic carbocycles. The number of carbonyl (C=O) groups excluding carboxylic acids is 1. The van der Waals surface area contributed by atoms with E-state index in [0.717, 1.165) is 5.56 Å². The highest BCUT2D eigenvalue weighted by atomic mass is 16.3. The SMILES string of the molecule is CN1CC[C@@](O)(C#Cc2cccc(-c3cn4cncc4c(=O)[nH]3)c2)C1=O. The van der Waals surface area contributed by atoms with E-state index >= 15 is 0 Å². The monoisotopic (exact) mass is 348 g/mol. The first kappa shape index (κ1) is 16.1. The molecule has 0 saturated carbocycles. The van der Waals surface area contributed by atoms with Crippen molar-refractivity contribution in [1.29, 1.82) is 0 Å². The molecule has 2 N–H and O–H groups in total. The molecule has 0 spiro atoms. The number of aromatic nitrogens is 3. The van der Waals surface area contributed by atoms with Gasteiger partial charge in [0.2, 0.25) is 5.60 Å². The number of likely N-dealkylation sites (tertiary alicyclic amines) is 1. The lowest BCUT2D eigenvalue weighted by molar-refractivity contribution is -0.137. The largest absolute Gasteiger partial charge is 0.369 e.